The highest BCUT2D eigenvalue weighted by Crippen LogP contribution is 1.92. The van der Waals surface area contributed by atoms with E-state index in [0.29, 0.717) is 6.42 Å². The van der Waals surface area contributed by atoms with Gasteiger partial charge in [0.25, 0.3) is 0 Å². The van der Waals surface area contributed by atoms with Gasteiger partial charge in [0, 0.05) is 12.5 Å². The van der Waals surface area contributed by atoms with Gasteiger partial charge in [-0.3, -0.25) is 14.4 Å². The maximum absolute atomic E-state index is 10.9. The van der Waals surface area contributed by atoms with Crippen molar-refractivity contribution in [1.29, 1.82) is 0 Å². The van der Waals surface area contributed by atoms with Gasteiger partial charge in [0.05, 0.1) is 0 Å². The summed E-state index contributed by atoms with van der Waals surface area (Å²) in [5, 5.41) is 0. The molecule has 76 valence electrons. The SMILES string of the molecule is CCC(N)CC(=O)NOCC(N)=O. The summed E-state index contributed by atoms with van der Waals surface area (Å²) in [4.78, 5) is 25.6. The molecule has 0 aliphatic rings. The number of nitrogens with two attached hydrogens (primary N) is 2. The molecule has 0 rings (SSSR count). The van der Waals surface area contributed by atoms with E-state index in [9.17, 15) is 9.59 Å². The first-order valence-corrected chi connectivity index (χ1v) is 4.00. The highest BCUT2D eigenvalue weighted by molar-refractivity contribution is 5.77. The molecule has 13 heavy (non-hydrogen) atoms. The molecule has 0 saturated carbocycles. The normalized spacial score (nSPS) is 12.2. The molecule has 0 fully saturated rings. The van der Waals surface area contributed by atoms with Crippen LogP contribution in [0.25, 0.3) is 0 Å². The first kappa shape index (κ1) is 11.9. The van der Waals surface area contributed by atoms with E-state index in [0.717, 1.165) is 0 Å². The minimum absolute atomic E-state index is 0.176. The molecule has 1 unspecified atom stereocenters. The Balaban J connectivity index is 3.46. The average Bonchev–Trinajstić information content (AvgIpc) is 2.03. The van der Waals surface area contributed by atoms with Crippen LogP contribution in [-0.4, -0.2) is 24.5 Å². The Morgan fingerprint density at radius 3 is 2.62 bits per heavy atom. The highest BCUT2D eigenvalue weighted by atomic mass is 16.7. The van der Waals surface area contributed by atoms with Crippen LogP contribution in [-0.2, 0) is 14.4 Å². The number of rotatable bonds is 6. The molecule has 0 spiro atoms. The fourth-order valence-electron chi connectivity index (χ4n) is 0.612. The van der Waals surface area contributed by atoms with Gasteiger partial charge in [-0.05, 0) is 6.42 Å². The number of nitrogens with one attached hydrogen (secondary N) is 1. The molecule has 0 aromatic rings. The van der Waals surface area contributed by atoms with Crippen LogP contribution >= 0.6 is 0 Å². The Bertz CT molecular complexity index is 184. The van der Waals surface area contributed by atoms with E-state index in [4.69, 9.17) is 11.5 Å². The maximum Gasteiger partial charge on any atom is 0.246 e. The van der Waals surface area contributed by atoms with Gasteiger partial charge in [-0.2, -0.15) is 0 Å². The summed E-state index contributed by atoms with van der Waals surface area (Å²) in [6.07, 6.45) is 0.887. The zero-order valence-corrected chi connectivity index (χ0v) is 7.58. The van der Waals surface area contributed by atoms with Crippen molar-refractivity contribution >= 4 is 11.8 Å². The molecule has 0 radical (unpaired) electrons. The van der Waals surface area contributed by atoms with Gasteiger partial charge in [-0.1, -0.05) is 6.92 Å². The summed E-state index contributed by atoms with van der Waals surface area (Å²) >= 11 is 0. The molecule has 6 heteroatoms. The molecule has 0 saturated heterocycles. The molecule has 1 atom stereocenters. The first-order valence-electron chi connectivity index (χ1n) is 4.00. The summed E-state index contributed by atoms with van der Waals surface area (Å²) in [7, 11) is 0. The van der Waals surface area contributed by atoms with Crippen LogP contribution in [0.2, 0.25) is 0 Å². The van der Waals surface area contributed by atoms with Gasteiger partial charge >= 0.3 is 0 Å². The number of hydrogen-bond donors (Lipinski definition) is 3. The van der Waals surface area contributed by atoms with Crippen molar-refractivity contribution in [2.45, 2.75) is 25.8 Å². The van der Waals surface area contributed by atoms with Crippen LogP contribution in [0.4, 0.5) is 0 Å². The number of hydroxylamine groups is 1. The quantitative estimate of drug-likeness (QED) is 0.449. The van der Waals surface area contributed by atoms with Gasteiger partial charge in [-0.25, -0.2) is 5.48 Å². The van der Waals surface area contributed by atoms with Crippen LogP contribution in [0.3, 0.4) is 0 Å². The van der Waals surface area contributed by atoms with Crippen molar-refractivity contribution in [3.8, 4) is 0 Å². The molecule has 0 aromatic heterocycles. The zero-order valence-electron chi connectivity index (χ0n) is 7.58. The van der Waals surface area contributed by atoms with Gasteiger partial charge in [0.15, 0.2) is 6.61 Å². The lowest BCUT2D eigenvalue weighted by Crippen LogP contribution is -2.33. The highest BCUT2D eigenvalue weighted by Gasteiger charge is 2.07. The van der Waals surface area contributed by atoms with Crippen LogP contribution in [0.1, 0.15) is 19.8 Å². The predicted molar refractivity (Wildman–Crippen MR) is 46.2 cm³/mol. The topological polar surface area (TPSA) is 107 Å². The fourth-order valence-corrected chi connectivity index (χ4v) is 0.612. The summed E-state index contributed by atoms with van der Waals surface area (Å²) < 4.78 is 0. The third-order valence-electron chi connectivity index (χ3n) is 1.37. The van der Waals surface area contributed by atoms with Crippen LogP contribution in [0, 0.1) is 0 Å². The van der Waals surface area contributed by atoms with Crippen LogP contribution < -0.4 is 16.9 Å². The fraction of sp³-hybridized carbons (Fsp3) is 0.714. The molecule has 0 aliphatic carbocycles. The van der Waals surface area contributed by atoms with E-state index in [1.807, 2.05) is 6.92 Å². The van der Waals surface area contributed by atoms with Crippen LogP contribution in [0.15, 0.2) is 0 Å². The standard InChI is InChI=1S/C7H15N3O3/c1-2-5(8)3-7(12)10-13-4-6(9)11/h5H,2-4,8H2,1H3,(H2,9,11)(H,10,12). The third kappa shape index (κ3) is 7.23. The molecule has 0 aromatic carbocycles. The van der Waals surface area contributed by atoms with Gasteiger partial charge in [0.2, 0.25) is 11.8 Å². The van der Waals surface area contributed by atoms with E-state index < -0.39 is 5.91 Å². The number of hydrogen-bond acceptors (Lipinski definition) is 4. The molecular weight excluding hydrogens is 174 g/mol. The lowest BCUT2D eigenvalue weighted by molar-refractivity contribution is -0.138. The Hall–Kier alpha value is -1.14. The molecule has 5 N–H and O–H groups in total. The van der Waals surface area contributed by atoms with Crippen molar-refractivity contribution in [2.75, 3.05) is 6.61 Å². The lowest BCUT2D eigenvalue weighted by atomic mass is 10.2. The third-order valence-corrected chi connectivity index (χ3v) is 1.37. The van der Waals surface area contributed by atoms with E-state index in [-0.39, 0.29) is 25.0 Å². The monoisotopic (exact) mass is 189 g/mol. The van der Waals surface area contributed by atoms with Crippen molar-refractivity contribution in [3.05, 3.63) is 0 Å². The Morgan fingerprint density at radius 1 is 1.54 bits per heavy atom. The van der Waals surface area contributed by atoms with E-state index in [2.05, 4.69) is 10.3 Å². The molecule has 0 bridgehead atoms. The van der Waals surface area contributed by atoms with Crippen LogP contribution in [0.5, 0.6) is 0 Å². The van der Waals surface area contributed by atoms with Crippen molar-refractivity contribution < 1.29 is 14.4 Å². The molecule has 0 aliphatic heterocycles. The average molecular weight is 189 g/mol. The van der Waals surface area contributed by atoms with Gasteiger partial charge in [-0.15, -0.1) is 0 Å². The van der Waals surface area contributed by atoms with E-state index in [1.165, 1.54) is 0 Å². The second kappa shape index (κ2) is 6.38. The largest absolute Gasteiger partial charge is 0.368 e. The van der Waals surface area contributed by atoms with Crippen molar-refractivity contribution in [3.63, 3.8) is 0 Å². The first-order chi connectivity index (χ1) is 6.06. The summed E-state index contributed by atoms with van der Waals surface area (Å²) in [5.41, 5.74) is 12.3. The van der Waals surface area contributed by atoms with Gasteiger partial charge in [0.1, 0.15) is 0 Å². The van der Waals surface area contributed by atoms with E-state index >= 15 is 0 Å². The number of amides is 2. The number of carbonyl (C=O) groups excluding carboxylic acids is 2. The molecular formula is C7H15N3O3. The summed E-state index contributed by atoms with van der Waals surface area (Å²) in [6.45, 7) is 1.55. The van der Waals surface area contributed by atoms with Gasteiger partial charge < -0.3 is 11.5 Å². The predicted octanol–water partition coefficient (Wildman–Crippen LogP) is -1.35. The minimum atomic E-state index is -0.639. The Labute approximate surface area is 76.5 Å². The molecule has 0 heterocycles. The lowest BCUT2D eigenvalue weighted by Gasteiger charge is -2.08. The minimum Gasteiger partial charge on any atom is -0.368 e. The number of carbonyl (C=O) groups is 2. The van der Waals surface area contributed by atoms with E-state index in [1.54, 1.807) is 0 Å². The summed E-state index contributed by atoms with van der Waals surface area (Å²) in [5.74, 6) is -0.990. The maximum atomic E-state index is 10.9. The smallest absolute Gasteiger partial charge is 0.246 e. The van der Waals surface area contributed by atoms with Crippen molar-refractivity contribution in [2.24, 2.45) is 11.5 Å². The molecule has 6 nitrogen and oxygen atoms in total. The number of primary amides is 1. The second-order valence-corrected chi connectivity index (χ2v) is 2.65. The zero-order chi connectivity index (χ0) is 10.3. The summed E-state index contributed by atoms with van der Waals surface area (Å²) in [6, 6.07) is -0.183. The Morgan fingerprint density at radius 2 is 2.15 bits per heavy atom. The Kier molecular flexibility index (Phi) is 5.82. The molecule has 2 amide bonds. The van der Waals surface area contributed by atoms with Crippen molar-refractivity contribution in [1.82, 2.24) is 5.48 Å². The second-order valence-electron chi connectivity index (χ2n) is 2.65.